The lowest BCUT2D eigenvalue weighted by Crippen LogP contribution is -2.29. The molecule has 0 atom stereocenters. The lowest BCUT2D eigenvalue weighted by molar-refractivity contribution is 0.0921. The van der Waals surface area contributed by atoms with Crippen LogP contribution in [0.4, 0.5) is 10.1 Å². The fourth-order valence-electron chi connectivity index (χ4n) is 2.82. The van der Waals surface area contributed by atoms with Crippen LogP contribution in [0.3, 0.4) is 0 Å². The van der Waals surface area contributed by atoms with Crippen LogP contribution in [0, 0.1) is 5.82 Å². The third-order valence-electron chi connectivity index (χ3n) is 3.90. The molecule has 2 aliphatic rings. The second-order valence-corrected chi connectivity index (χ2v) is 5.13. The van der Waals surface area contributed by atoms with E-state index in [0.29, 0.717) is 0 Å². The number of halogens is 1. The third-order valence-corrected chi connectivity index (χ3v) is 3.90. The zero-order valence-corrected chi connectivity index (χ0v) is 11.2. The third kappa shape index (κ3) is 1.54. The average Bonchev–Trinajstić information content (AvgIpc) is 3.00. The Kier molecular flexibility index (Phi) is 2.45. The first-order valence-electron chi connectivity index (χ1n) is 6.66. The smallest absolute Gasteiger partial charge is 0.266 e. The highest BCUT2D eigenvalue weighted by molar-refractivity contribution is 6.34. The number of imide groups is 1. The molecule has 1 N–H and O–H groups in total. The van der Waals surface area contributed by atoms with Gasteiger partial charge in [0.15, 0.2) is 0 Å². The molecule has 108 valence electrons. The summed E-state index contributed by atoms with van der Waals surface area (Å²) in [4.78, 5) is 37.4. The molecule has 2 aromatic carbocycles. The van der Waals surface area contributed by atoms with E-state index in [-0.39, 0.29) is 34.5 Å². The second-order valence-electron chi connectivity index (χ2n) is 5.13. The molecule has 3 amide bonds. The standard InChI is InChI=1S/C16H9FN2O3/c17-13-6-8(5-11-12(13)7-18-14(11)20)19-15(21)9-3-1-2-4-10(9)16(19)22/h1-6H,7H2,(H,18,20). The van der Waals surface area contributed by atoms with E-state index in [1.807, 2.05) is 0 Å². The molecule has 0 unspecified atom stereocenters. The zero-order valence-electron chi connectivity index (χ0n) is 11.2. The number of nitrogens with one attached hydrogen (secondary N) is 1. The maximum atomic E-state index is 14.1. The van der Waals surface area contributed by atoms with Crippen molar-refractivity contribution in [3.05, 3.63) is 64.5 Å². The predicted octanol–water partition coefficient (Wildman–Crippen LogP) is 1.87. The Balaban J connectivity index is 1.87. The molecule has 0 radical (unpaired) electrons. The van der Waals surface area contributed by atoms with Crippen molar-refractivity contribution >= 4 is 23.4 Å². The van der Waals surface area contributed by atoms with Crippen LogP contribution < -0.4 is 10.2 Å². The van der Waals surface area contributed by atoms with Gasteiger partial charge in [0.2, 0.25) is 0 Å². The van der Waals surface area contributed by atoms with Crippen molar-refractivity contribution in [2.24, 2.45) is 0 Å². The van der Waals surface area contributed by atoms with E-state index in [9.17, 15) is 18.8 Å². The van der Waals surface area contributed by atoms with E-state index >= 15 is 0 Å². The van der Waals surface area contributed by atoms with Crippen molar-refractivity contribution in [1.82, 2.24) is 5.32 Å². The Morgan fingerprint density at radius 3 is 2.23 bits per heavy atom. The molecule has 2 aromatic rings. The molecule has 5 nitrogen and oxygen atoms in total. The molecule has 0 aliphatic carbocycles. The van der Waals surface area contributed by atoms with Gasteiger partial charge in [-0.2, -0.15) is 0 Å². The molecular formula is C16H9FN2O3. The first kappa shape index (κ1) is 12.7. The van der Waals surface area contributed by atoms with Gasteiger partial charge in [0.25, 0.3) is 17.7 Å². The number of fused-ring (bicyclic) bond motifs is 2. The van der Waals surface area contributed by atoms with E-state index in [4.69, 9.17) is 0 Å². The minimum absolute atomic E-state index is 0.0690. The number of hydrogen-bond donors (Lipinski definition) is 1. The molecule has 0 aromatic heterocycles. The van der Waals surface area contributed by atoms with Gasteiger partial charge in [-0.1, -0.05) is 12.1 Å². The quantitative estimate of drug-likeness (QED) is 0.817. The SMILES string of the molecule is O=C1NCc2c(F)cc(N3C(=O)c4ccccc4C3=O)cc21. The Labute approximate surface area is 124 Å². The summed E-state index contributed by atoms with van der Waals surface area (Å²) in [6, 6.07) is 8.90. The van der Waals surface area contributed by atoms with Gasteiger partial charge in [-0.25, -0.2) is 9.29 Å². The van der Waals surface area contributed by atoms with Crippen LogP contribution in [0.25, 0.3) is 0 Å². The van der Waals surface area contributed by atoms with Crippen LogP contribution in [0.5, 0.6) is 0 Å². The number of amides is 3. The number of nitrogens with zero attached hydrogens (tertiary/aromatic N) is 1. The van der Waals surface area contributed by atoms with Crippen molar-refractivity contribution in [3.8, 4) is 0 Å². The topological polar surface area (TPSA) is 66.5 Å². The van der Waals surface area contributed by atoms with E-state index in [1.54, 1.807) is 24.3 Å². The number of carbonyl (C=O) groups is 3. The van der Waals surface area contributed by atoms with Crippen molar-refractivity contribution in [2.75, 3.05) is 4.90 Å². The maximum Gasteiger partial charge on any atom is 0.266 e. The molecule has 4 rings (SSSR count). The van der Waals surface area contributed by atoms with Gasteiger partial charge in [0, 0.05) is 17.7 Å². The first-order valence-corrected chi connectivity index (χ1v) is 6.66. The highest BCUT2D eigenvalue weighted by atomic mass is 19.1. The van der Waals surface area contributed by atoms with Crippen LogP contribution in [0.2, 0.25) is 0 Å². The summed E-state index contributed by atoms with van der Waals surface area (Å²) in [6.07, 6.45) is 0. The Morgan fingerprint density at radius 1 is 0.955 bits per heavy atom. The number of anilines is 1. The lowest BCUT2D eigenvalue weighted by Gasteiger charge is -2.15. The Bertz CT molecular complexity index is 841. The molecule has 0 spiro atoms. The highest BCUT2D eigenvalue weighted by Gasteiger charge is 2.37. The highest BCUT2D eigenvalue weighted by Crippen LogP contribution is 2.32. The molecule has 0 saturated carbocycles. The molecule has 2 aliphatic heterocycles. The second kappa shape index (κ2) is 4.24. The minimum atomic E-state index is -0.609. The molecule has 0 bridgehead atoms. The summed E-state index contributed by atoms with van der Waals surface area (Å²) in [5.41, 5.74) is 1.03. The molecule has 0 fully saturated rings. The summed E-state index contributed by atoms with van der Waals surface area (Å²) in [7, 11) is 0. The first-order chi connectivity index (χ1) is 10.6. The van der Waals surface area contributed by atoms with Crippen LogP contribution >= 0.6 is 0 Å². The van der Waals surface area contributed by atoms with Crippen LogP contribution in [-0.4, -0.2) is 17.7 Å². The average molecular weight is 296 g/mol. The van der Waals surface area contributed by atoms with Gasteiger partial charge < -0.3 is 5.32 Å². The summed E-state index contributed by atoms with van der Waals surface area (Å²) in [5, 5.41) is 2.52. The van der Waals surface area contributed by atoms with Crippen molar-refractivity contribution in [2.45, 2.75) is 6.54 Å². The Hall–Kier alpha value is -3.02. The Morgan fingerprint density at radius 2 is 1.59 bits per heavy atom. The van der Waals surface area contributed by atoms with Gasteiger partial charge in [-0.05, 0) is 24.3 Å². The fourth-order valence-corrected chi connectivity index (χ4v) is 2.82. The van der Waals surface area contributed by atoms with Gasteiger partial charge in [0.1, 0.15) is 5.82 Å². The molecular weight excluding hydrogens is 287 g/mol. The summed E-state index contributed by atoms with van der Waals surface area (Å²) < 4.78 is 14.1. The molecule has 22 heavy (non-hydrogen) atoms. The van der Waals surface area contributed by atoms with Crippen molar-refractivity contribution in [1.29, 1.82) is 0 Å². The summed E-state index contributed by atoms with van der Waals surface area (Å²) in [6.45, 7) is 0.113. The van der Waals surface area contributed by atoms with Crippen LogP contribution in [0.1, 0.15) is 36.6 Å². The van der Waals surface area contributed by atoms with Crippen LogP contribution in [0.15, 0.2) is 36.4 Å². The number of hydrogen-bond acceptors (Lipinski definition) is 3. The number of benzene rings is 2. The zero-order chi connectivity index (χ0) is 15.4. The maximum absolute atomic E-state index is 14.1. The predicted molar refractivity (Wildman–Crippen MR) is 75.2 cm³/mol. The van der Waals surface area contributed by atoms with E-state index in [2.05, 4.69) is 5.32 Å². The van der Waals surface area contributed by atoms with Gasteiger partial charge in [-0.15, -0.1) is 0 Å². The van der Waals surface area contributed by atoms with E-state index < -0.39 is 23.5 Å². The number of rotatable bonds is 1. The molecule has 6 heteroatoms. The molecule has 0 saturated heterocycles. The van der Waals surface area contributed by atoms with Crippen molar-refractivity contribution in [3.63, 3.8) is 0 Å². The molecule has 2 heterocycles. The lowest BCUT2D eigenvalue weighted by atomic mass is 10.1. The van der Waals surface area contributed by atoms with E-state index in [1.165, 1.54) is 6.07 Å². The minimum Gasteiger partial charge on any atom is -0.348 e. The van der Waals surface area contributed by atoms with Gasteiger partial charge in [0.05, 0.1) is 16.8 Å². The summed E-state index contributed by atoms with van der Waals surface area (Å²) >= 11 is 0. The largest absolute Gasteiger partial charge is 0.348 e. The van der Waals surface area contributed by atoms with Crippen LogP contribution in [-0.2, 0) is 6.54 Å². The van der Waals surface area contributed by atoms with Gasteiger partial charge >= 0.3 is 0 Å². The normalized spacial score (nSPS) is 15.9. The van der Waals surface area contributed by atoms with Gasteiger partial charge in [-0.3, -0.25) is 14.4 Å². The monoisotopic (exact) mass is 296 g/mol. The number of carbonyl (C=O) groups excluding carboxylic acids is 3. The van der Waals surface area contributed by atoms with Crippen molar-refractivity contribution < 1.29 is 18.8 Å². The van der Waals surface area contributed by atoms with E-state index in [0.717, 1.165) is 11.0 Å². The fraction of sp³-hybridized carbons (Fsp3) is 0.0625. The summed E-state index contributed by atoms with van der Waals surface area (Å²) in [5.74, 6) is -2.05.